The first-order valence-electron chi connectivity index (χ1n) is 7.92. The van der Waals surface area contributed by atoms with Crippen molar-refractivity contribution in [2.45, 2.75) is 64.5 Å². The summed E-state index contributed by atoms with van der Waals surface area (Å²) in [5, 5.41) is 0.864. The molecular formula is C17H27ClN2. The van der Waals surface area contributed by atoms with Gasteiger partial charge in [-0.05, 0) is 50.3 Å². The number of hydrogen-bond acceptors (Lipinski definition) is 2. The highest BCUT2D eigenvalue weighted by Crippen LogP contribution is 2.29. The van der Waals surface area contributed by atoms with Crippen molar-refractivity contribution in [2.75, 3.05) is 11.4 Å². The predicted molar refractivity (Wildman–Crippen MR) is 88.7 cm³/mol. The van der Waals surface area contributed by atoms with Gasteiger partial charge in [0.05, 0.1) is 0 Å². The van der Waals surface area contributed by atoms with E-state index in [0.717, 1.165) is 24.4 Å². The van der Waals surface area contributed by atoms with Crippen molar-refractivity contribution >= 4 is 17.3 Å². The molecule has 1 fully saturated rings. The van der Waals surface area contributed by atoms with E-state index in [9.17, 15) is 0 Å². The van der Waals surface area contributed by atoms with Gasteiger partial charge < -0.3 is 10.6 Å². The summed E-state index contributed by atoms with van der Waals surface area (Å²) < 4.78 is 0. The van der Waals surface area contributed by atoms with Crippen LogP contribution in [0.2, 0.25) is 5.02 Å². The van der Waals surface area contributed by atoms with E-state index in [-0.39, 0.29) is 6.04 Å². The molecule has 0 bridgehead atoms. The fraction of sp³-hybridized carbons (Fsp3) is 0.647. The van der Waals surface area contributed by atoms with E-state index in [1.165, 1.54) is 36.9 Å². The zero-order valence-corrected chi connectivity index (χ0v) is 13.5. The van der Waals surface area contributed by atoms with Crippen molar-refractivity contribution in [1.29, 1.82) is 0 Å². The summed E-state index contributed by atoms with van der Waals surface area (Å²) in [5.41, 5.74) is 8.46. The second-order valence-corrected chi connectivity index (χ2v) is 6.45. The van der Waals surface area contributed by atoms with Crippen LogP contribution in [0.1, 0.15) is 51.5 Å². The van der Waals surface area contributed by atoms with Crippen LogP contribution in [0.15, 0.2) is 18.2 Å². The highest BCUT2D eigenvalue weighted by molar-refractivity contribution is 6.31. The Bertz CT molecular complexity index is 433. The van der Waals surface area contributed by atoms with Gasteiger partial charge >= 0.3 is 0 Å². The molecule has 0 spiro atoms. The highest BCUT2D eigenvalue weighted by atomic mass is 35.5. The third-order valence-electron chi connectivity index (χ3n) is 4.43. The first kappa shape index (κ1) is 15.7. The average molecular weight is 295 g/mol. The van der Waals surface area contributed by atoms with E-state index in [2.05, 4.69) is 36.9 Å². The van der Waals surface area contributed by atoms with Gasteiger partial charge in [0.25, 0.3) is 0 Å². The molecule has 112 valence electrons. The van der Waals surface area contributed by atoms with Crippen LogP contribution >= 0.6 is 11.6 Å². The lowest BCUT2D eigenvalue weighted by atomic mass is 10.0. The Morgan fingerprint density at radius 1 is 1.35 bits per heavy atom. The molecule has 0 radical (unpaired) electrons. The second-order valence-electron chi connectivity index (χ2n) is 6.04. The maximum absolute atomic E-state index is 6.46. The normalized spacial score (nSPS) is 21.6. The summed E-state index contributed by atoms with van der Waals surface area (Å²) in [4.78, 5) is 2.50. The van der Waals surface area contributed by atoms with Crippen LogP contribution in [0, 0.1) is 0 Å². The molecule has 20 heavy (non-hydrogen) atoms. The molecule has 2 rings (SSSR count). The van der Waals surface area contributed by atoms with Crippen LogP contribution < -0.4 is 10.6 Å². The number of hydrogen-bond donors (Lipinski definition) is 1. The van der Waals surface area contributed by atoms with Crippen molar-refractivity contribution in [3.63, 3.8) is 0 Å². The van der Waals surface area contributed by atoms with Crippen molar-refractivity contribution < 1.29 is 0 Å². The van der Waals surface area contributed by atoms with Gasteiger partial charge in [0, 0.05) is 29.3 Å². The molecule has 1 aromatic rings. The van der Waals surface area contributed by atoms with Gasteiger partial charge in [-0.1, -0.05) is 37.4 Å². The summed E-state index contributed by atoms with van der Waals surface area (Å²) in [5.74, 6) is 0. The van der Waals surface area contributed by atoms with Crippen LogP contribution in [-0.2, 0) is 6.42 Å². The minimum Gasteiger partial charge on any atom is -0.369 e. The number of halogens is 1. The van der Waals surface area contributed by atoms with E-state index in [1.807, 2.05) is 0 Å². The fourth-order valence-corrected chi connectivity index (χ4v) is 3.22. The van der Waals surface area contributed by atoms with E-state index in [0.29, 0.717) is 6.04 Å². The maximum atomic E-state index is 6.46. The third-order valence-corrected chi connectivity index (χ3v) is 4.78. The molecule has 1 heterocycles. The average Bonchev–Trinajstić information content (AvgIpc) is 2.65. The number of nitrogens with zero attached hydrogens (tertiary/aromatic N) is 1. The molecule has 2 atom stereocenters. The van der Waals surface area contributed by atoms with Gasteiger partial charge in [0.1, 0.15) is 0 Å². The zero-order chi connectivity index (χ0) is 14.5. The van der Waals surface area contributed by atoms with Crippen LogP contribution in [0.25, 0.3) is 0 Å². The monoisotopic (exact) mass is 294 g/mol. The third kappa shape index (κ3) is 3.89. The first-order chi connectivity index (χ1) is 9.61. The van der Waals surface area contributed by atoms with Crippen LogP contribution in [-0.4, -0.2) is 18.6 Å². The lowest BCUT2D eigenvalue weighted by Gasteiger charge is -2.30. The van der Waals surface area contributed by atoms with Crippen molar-refractivity contribution in [2.24, 2.45) is 5.73 Å². The molecule has 0 amide bonds. The predicted octanol–water partition coefficient (Wildman–Crippen LogP) is 4.39. The molecule has 0 aromatic heterocycles. The lowest BCUT2D eigenvalue weighted by molar-refractivity contribution is 0.615. The maximum Gasteiger partial charge on any atom is 0.0459 e. The first-order valence-corrected chi connectivity index (χ1v) is 8.30. The molecule has 1 saturated heterocycles. The Balaban J connectivity index is 2.15. The number of anilines is 1. The molecule has 1 aromatic carbocycles. The number of rotatable bonds is 4. The lowest BCUT2D eigenvalue weighted by Crippen LogP contribution is -2.32. The Morgan fingerprint density at radius 2 is 2.15 bits per heavy atom. The highest BCUT2D eigenvalue weighted by Gasteiger charge is 2.18. The summed E-state index contributed by atoms with van der Waals surface area (Å²) >= 11 is 6.46. The van der Waals surface area contributed by atoms with Crippen LogP contribution in [0.4, 0.5) is 5.69 Å². The zero-order valence-electron chi connectivity index (χ0n) is 12.7. The molecule has 0 saturated carbocycles. The van der Waals surface area contributed by atoms with Crippen LogP contribution in [0.3, 0.4) is 0 Å². The molecule has 1 aliphatic rings. The van der Waals surface area contributed by atoms with Gasteiger partial charge in [0.2, 0.25) is 0 Å². The second kappa shape index (κ2) is 7.33. The Morgan fingerprint density at radius 3 is 2.85 bits per heavy atom. The van der Waals surface area contributed by atoms with Gasteiger partial charge in [-0.25, -0.2) is 0 Å². The van der Waals surface area contributed by atoms with Gasteiger partial charge in [-0.2, -0.15) is 0 Å². The van der Waals surface area contributed by atoms with E-state index < -0.39 is 0 Å². The molecule has 2 nitrogen and oxygen atoms in total. The Kier molecular flexibility index (Phi) is 5.74. The molecule has 1 aliphatic heterocycles. The topological polar surface area (TPSA) is 29.3 Å². The van der Waals surface area contributed by atoms with Crippen molar-refractivity contribution in [3.8, 4) is 0 Å². The van der Waals surface area contributed by atoms with Gasteiger partial charge in [-0.15, -0.1) is 0 Å². The Hall–Kier alpha value is -0.730. The van der Waals surface area contributed by atoms with Crippen LogP contribution in [0.5, 0.6) is 0 Å². The smallest absolute Gasteiger partial charge is 0.0459 e. The Labute approximate surface area is 128 Å². The standard InChI is InChI=1S/C17H27ClN2/c1-3-15(19)11-14-8-9-16(12-17(14)18)20-10-6-4-5-7-13(20)2/h8-9,12-13,15H,3-7,10-11,19H2,1-2H3. The van der Waals surface area contributed by atoms with E-state index >= 15 is 0 Å². The SMILES string of the molecule is CCC(N)Cc1ccc(N2CCCCCC2C)cc1Cl. The quantitative estimate of drug-likeness (QED) is 0.892. The largest absolute Gasteiger partial charge is 0.369 e. The molecule has 3 heteroatoms. The summed E-state index contributed by atoms with van der Waals surface area (Å²) in [6.45, 7) is 5.58. The minimum absolute atomic E-state index is 0.204. The molecule has 2 N–H and O–H groups in total. The van der Waals surface area contributed by atoms with Gasteiger partial charge in [-0.3, -0.25) is 0 Å². The van der Waals surface area contributed by atoms with Crippen molar-refractivity contribution in [1.82, 2.24) is 0 Å². The van der Waals surface area contributed by atoms with Crippen molar-refractivity contribution in [3.05, 3.63) is 28.8 Å². The van der Waals surface area contributed by atoms with E-state index in [4.69, 9.17) is 17.3 Å². The minimum atomic E-state index is 0.204. The molecule has 0 aliphatic carbocycles. The molecular weight excluding hydrogens is 268 g/mol. The fourth-order valence-electron chi connectivity index (χ4n) is 2.97. The van der Waals surface area contributed by atoms with E-state index in [1.54, 1.807) is 0 Å². The summed E-state index contributed by atoms with van der Waals surface area (Å²) in [6.07, 6.45) is 7.10. The molecule has 2 unspecified atom stereocenters. The number of benzene rings is 1. The number of nitrogens with two attached hydrogens (primary N) is 1. The van der Waals surface area contributed by atoms with Gasteiger partial charge in [0.15, 0.2) is 0 Å². The summed E-state index contributed by atoms with van der Waals surface area (Å²) in [6, 6.07) is 7.31. The summed E-state index contributed by atoms with van der Waals surface area (Å²) in [7, 11) is 0.